The lowest BCUT2D eigenvalue weighted by Gasteiger charge is -2.22. The predicted molar refractivity (Wildman–Crippen MR) is 177 cm³/mol. The predicted octanol–water partition coefficient (Wildman–Crippen LogP) is 8.18. The second kappa shape index (κ2) is 12.2. The Bertz CT molecular complexity index is 2160. The van der Waals surface area contributed by atoms with E-state index in [1.807, 2.05) is 0 Å². The summed E-state index contributed by atoms with van der Waals surface area (Å²) in [6.45, 7) is 3.55. The first-order valence-corrected chi connectivity index (χ1v) is 15.3. The first-order chi connectivity index (χ1) is 23.2. The summed E-state index contributed by atoms with van der Waals surface area (Å²) in [4.78, 5) is 35.4. The summed E-state index contributed by atoms with van der Waals surface area (Å²) in [5, 5.41) is 0.697. The van der Waals surface area contributed by atoms with Crippen molar-refractivity contribution in [1.82, 2.24) is 0 Å². The van der Waals surface area contributed by atoms with Crippen molar-refractivity contribution in [2.24, 2.45) is 9.98 Å². The van der Waals surface area contributed by atoms with Gasteiger partial charge in [-0.15, -0.1) is 0 Å². The normalized spacial score (nSPS) is 12.0. The number of methoxy groups -OCH3 is 2. The van der Waals surface area contributed by atoms with Crippen LogP contribution in [0.3, 0.4) is 0 Å². The molecule has 5 aromatic rings. The van der Waals surface area contributed by atoms with Crippen LogP contribution in [0.2, 0.25) is 10.0 Å². The smallest absolute Gasteiger partial charge is 0.347 e. The van der Waals surface area contributed by atoms with Crippen LogP contribution >= 0.6 is 23.2 Å². The average Bonchev–Trinajstić information content (AvgIpc) is 3.10. The van der Waals surface area contributed by atoms with E-state index in [9.17, 15) is 9.59 Å². The van der Waals surface area contributed by atoms with E-state index >= 15 is 0 Å². The molecule has 10 nitrogen and oxygen atoms in total. The van der Waals surface area contributed by atoms with E-state index < -0.39 is 11.9 Å². The van der Waals surface area contributed by atoms with E-state index in [0.717, 1.165) is 0 Å². The Hall–Kier alpha value is -5.58. The highest BCUT2D eigenvalue weighted by molar-refractivity contribution is 6.35. The summed E-state index contributed by atoms with van der Waals surface area (Å²) in [5.41, 5.74) is 2.66. The minimum atomic E-state index is -0.596. The number of benzene rings is 5. The Morgan fingerprint density at radius 2 is 1.00 bits per heavy atom. The molecule has 2 aliphatic heterocycles. The molecular formula is C36H24Cl2N2O8. The number of fused-ring (bicyclic) bond motifs is 4. The number of rotatable bonds is 6. The van der Waals surface area contributed by atoms with Gasteiger partial charge in [-0.2, -0.15) is 0 Å². The van der Waals surface area contributed by atoms with Gasteiger partial charge < -0.3 is 28.4 Å². The third-order valence-corrected chi connectivity index (χ3v) is 8.41. The number of nitrogens with zero attached hydrogens (tertiary/aromatic N) is 2. The summed E-state index contributed by atoms with van der Waals surface area (Å²) >= 11 is 13.7. The van der Waals surface area contributed by atoms with Gasteiger partial charge in [0.25, 0.3) is 0 Å². The van der Waals surface area contributed by atoms with Crippen molar-refractivity contribution < 1.29 is 38.0 Å². The Morgan fingerprint density at radius 3 is 1.40 bits per heavy atom. The highest BCUT2D eigenvalue weighted by Gasteiger charge is 2.29. The molecular weight excluding hydrogens is 659 g/mol. The summed E-state index contributed by atoms with van der Waals surface area (Å²) in [6, 6.07) is 20.1. The van der Waals surface area contributed by atoms with Crippen LogP contribution in [-0.2, 0) is 0 Å². The molecule has 5 aromatic carbocycles. The van der Waals surface area contributed by atoms with E-state index in [4.69, 9.17) is 61.6 Å². The molecule has 2 heterocycles. The van der Waals surface area contributed by atoms with Gasteiger partial charge in [-0.25, -0.2) is 19.6 Å². The number of carbonyl (C=O) groups is 2. The maximum atomic E-state index is 13.0. The van der Waals surface area contributed by atoms with Gasteiger partial charge in [0.15, 0.2) is 23.0 Å². The zero-order valence-electron chi connectivity index (χ0n) is 25.8. The van der Waals surface area contributed by atoms with Gasteiger partial charge in [-0.05, 0) is 61.4 Å². The van der Waals surface area contributed by atoms with E-state index in [0.29, 0.717) is 45.5 Å². The van der Waals surface area contributed by atoms with Crippen LogP contribution in [0.1, 0.15) is 31.8 Å². The Morgan fingerprint density at radius 1 is 0.604 bits per heavy atom. The maximum Gasteiger partial charge on any atom is 0.347 e. The molecule has 12 heteroatoms. The van der Waals surface area contributed by atoms with E-state index in [1.54, 1.807) is 86.6 Å². The van der Waals surface area contributed by atoms with Crippen LogP contribution in [0.5, 0.6) is 46.0 Å². The first kappa shape index (κ1) is 31.0. The topological polar surface area (TPSA) is 114 Å². The van der Waals surface area contributed by atoms with Crippen molar-refractivity contribution in [2.45, 2.75) is 13.8 Å². The van der Waals surface area contributed by atoms with Gasteiger partial charge in [0.2, 0.25) is 0 Å². The molecule has 0 bridgehead atoms. The summed E-state index contributed by atoms with van der Waals surface area (Å²) < 4.78 is 34.4. The number of esters is 2. The van der Waals surface area contributed by atoms with Gasteiger partial charge in [-0.3, -0.25) is 0 Å². The van der Waals surface area contributed by atoms with Gasteiger partial charge in [0.1, 0.15) is 66.3 Å². The second-order valence-corrected chi connectivity index (χ2v) is 11.5. The molecule has 0 radical (unpaired) electrons. The van der Waals surface area contributed by atoms with Crippen molar-refractivity contribution in [3.63, 3.8) is 0 Å². The van der Waals surface area contributed by atoms with Gasteiger partial charge in [-0.1, -0.05) is 47.5 Å². The second-order valence-electron chi connectivity index (χ2n) is 10.8. The lowest BCUT2D eigenvalue weighted by atomic mass is 10.1. The Balaban J connectivity index is 1.22. The third-order valence-electron chi connectivity index (χ3n) is 7.71. The highest BCUT2D eigenvalue weighted by atomic mass is 35.5. The number of para-hydroxylation sites is 2. The molecule has 0 N–H and O–H groups in total. The minimum absolute atomic E-state index is 0.113. The largest absolute Gasteiger partial charge is 0.496 e. The summed E-state index contributed by atoms with van der Waals surface area (Å²) in [7, 11) is 2.96. The lowest BCUT2D eigenvalue weighted by molar-refractivity contribution is 0.0720. The van der Waals surface area contributed by atoms with E-state index in [2.05, 4.69) is 0 Å². The van der Waals surface area contributed by atoms with Crippen molar-refractivity contribution in [3.05, 3.63) is 116 Å². The molecule has 0 aliphatic carbocycles. The van der Waals surface area contributed by atoms with Crippen molar-refractivity contribution in [2.75, 3.05) is 14.2 Å². The first-order valence-electron chi connectivity index (χ1n) is 14.5. The Labute approximate surface area is 283 Å². The molecule has 0 unspecified atom stereocenters. The number of ether oxygens (including phenoxy) is 6. The molecule has 240 valence electrons. The molecule has 7 rings (SSSR count). The van der Waals surface area contributed by atoms with Crippen LogP contribution in [0.25, 0.3) is 0 Å². The molecule has 0 aromatic heterocycles. The monoisotopic (exact) mass is 682 g/mol. The number of aryl methyl sites for hydroxylation is 2. The number of carbonyl (C=O) groups excluding carboxylic acids is 2. The highest BCUT2D eigenvalue weighted by Crippen LogP contribution is 2.45. The molecule has 0 saturated carbocycles. The van der Waals surface area contributed by atoms with Crippen LogP contribution in [-0.4, -0.2) is 26.2 Å². The fourth-order valence-corrected chi connectivity index (χ4v) is 5.78. The third kappa shape index (κ3) is 5.34. The van der Waals surface area contributed by atoms with Crippen LogP contribution in [0.15, 0.2) is 82.8 Å². The van der Waals surface area contributed by atoms with Crippen molar-refractivity contribution in [3.8, 4) is 46.0 Å². The van der Waals surface area contributed by atoms with Gasteiger partial charge in [0.05, 0.1) is 14.2 Å². The number of hydrogen-bond donors (Lipinski definition) is 0. The molecule has 0 atom stereocenters. The van der Waals surface area contributed by atoms with E-state index in [1.165, 1.54) is 14.2 Å². The van der Waals surface area contributed by atoms with Crippen LogP contribution in [0.4, 0.5) is 11.4 Å². The molecule has 0 fully saturated rings. The molecule has 2 aliphatic rings. The fourth-order valence-electron chi connectivity index (χ4n) is 5.27. The number of hydrogen-bond acceptors (Lipinski definition) is 10. The molecule has 0 saturated heterocycles. The SMILES string of the molecule is COc1ccccc1C(=O)Oc1cc2c(cc1C)N=c1c(Cl)c3c(c(Cl)c1O2)=Nc1cc(C)c(OC(=O)c2ccccc2OC)cc1O3. The standard InChI is InChI=1S/C36H24Cl2N2O8/c1-17-13-21-27(15-25(17)47-35(41)19-9-5-7-11-23(19)43-3)45-33-30(38)32-34(29(37)31(33)39-21)46-28-16-26(18(2)14-22(28)40-32)48-36(42)20-10-6-8-12-24(20)44-4/h5-16H,1-4H3. The molecule has 48 heavy (non-hydrogen) atoms. The number of halogens is 2. The van der Waals surface area contributed by atoms with Crippen LogP contribution in [0, 0.1) is 13.8 Å². The minimum Gasteiger partial charge on any atom is -0.496 e. The average molecular weight is 684 g/mol. The van der Waals surface area contributed by atoms with E-state index in [-0.39, 0.29) is 54.9 Å². The van der Waals surface area contributed by atoms with Gasteiger partial charge >= 0.3 is 11.9 Å². The van der Waals surface area contributed by atoms with Crippen molar-refractivity contribution in [1.29, 1.82) is 0 Å². The molecule has 0 spiro atoms. The zero-order chi connectivity index (χ0) is 33.7. The molecule has 0 amide bonds. The summed E-state index contributed by atoms with van der Waals surface area (Å²) in [6.07, 6.45) is 0. The summed E-state index contributed by atoms with van der Waals surface area (Å²) in [5.74, 6) is 1.03. The van der Waals surface area contributed by atoms with Gasteiger partial charge in [0, 0.05) is 12.1 Å². The van der Waals surface area contributed by atoms with Crippen molar-refractivity contribution >= 4 is 46.5 Å². The maximum absolute atomic E-state index is 13.0. The quantitative estimate of drug-likeness (QED) is 0.127. The van der Waals surface area contributed by atoms with Crippen LogP contribution < -0.4 is 39.1 Å². The lowest BCUT2D eigenvalue weighted by Crippen LogP contribution is -2.22. The Kier molecular flexibility index (Phi) is 7.90. The zero-order valence-corrected chi connectivity index (χ0v) is 27.4. The fraction of sp³-hybridized carbons (Fsp3) is 0.111.